The number of thiazole rings is 1. The Kier molecular flexibility index (Phi) is 8.26. The zero-order valence-corrected chi connectivity index (χ0v) is 18.0. The smallest absolute Gasteiger partial charge is 0.407 e. The quantitative estimate of drug-likeness (QED) is 0.593. The molecule has 1 amide bonds. The lowest BCUT2D eigenvalue weighted by molar-refractivity contribution is 0.0523. The Bertz CT molecular complexity index is 768. The third-order valence-electron chi connectivity index (χ3n) is 4.00. The highest BCUT2D eigenvalue weighted by atomic mass is 32.1. The van der Waals surface area contributed by atoms with Gasteiger partial charge in [0.2, 0.25) is 0 Å². The van der Waals surface area contributed by atoms with E-state index in [0.717, 1.165) is 46.7 Å². The third-order valence-corrected chi connectivity index (χ3v) is 4.98. The Labute approximate surface area is 171 Å². The first-order valence-electron chi connectivity index (χ1n) is 9.63. The van der Waals surface area contributed by atoms with Crippen LogP contribution in [-0.4, -0.2) is 29.8 Å². The van der Waals surface area contributed by atoms with Crippen molar-refractivity contribution >= 4 is 17.4 Å². The van der Waals surface area contributed by atoms with Crippen molar-refractivity contribution in [1.82, 2.24) is 10.3 Å². The average molecular weight is 406 g/mol. The van der Waals surface area contributed by atoms with Gasteiger partial charge in [0, 0.05) is 12.1 Å². The van der Waals surface area contributed by atoms with E-state index in [1.54, 1.807) is 11.3 Å². The highest BCUT2D eigenvalue weighted by Gasteiger charge is 2.17. The molecule has 0 aliphatic carbocycles. The molecule has 6 nitrogen and oxygen atoms in total. The molecule has 0 fully saturated rings. The minimum absolute atomic E-state index is 0.342. The van der Waals surface area contributed by atoms with Crippen LogP contribution in [0.4, 0.5) is 4.79 Å². The van der Waals surface area contributed by atoms with Gasteiger partial charge in [-0.15, -0.1) is 11.3 Å². The normalized spacial score (nSPS) is 11.3. The van der Waals surface area contributed by atoms with Gasteiger partial charge in [-0.05, 0) is 65.1 Å². The average Bonchev–Trinajstić information content (AvgIpc) is 3.05. The Morgan fingerprint density at radius 3 is 2.68 bits per heavy atom. The lowest BCUT2D eigenvalue weighted by Crippen LogP contribution is -2.32. The Hall–Kier alpha value is -2.12. The van der Waals surface area contributed by atoms with E-state index < -0.39 is 11.7 Å². The lowest BCUT2D eigenvalue weighted by atomic mass is 10.1. The molecule has 0 spiro atoms. The van der Waals surface area contributed by atoms with Gasteiger partial charge in [0.25, 0.3) is 0 Å². The van der Waals surface area contributed by atoms with Crippen molar-refractivity contribution < 1.29 is 14.3 Å². The van der Waals surface area contributed by atoms with Crippen LogP contribution in [0, 0.1) is 6.92 Å². The first kappa shape index (κ1) is 22.2. The molecule has 0 aliphatic heterocycles. The maximum atomic E-state index is 12.0. The van der Waals surface area contributed by atoms with Gasteiger partial charge in [0.05, 0.1) is 22.7 Å². The van der Waals surface area contributed by atoms with Crippen LogP contribution < -0.4 is 15.8 Å². The maximum absolute atomic E-state index is 12.0. The second kappa shape index (κ2) is 10.4. The second-order valence-electron chi connectivity index (χ2n) is 7.64. The molecule has 1 aromatic carbocycles. The molecule has 1 aromatic heterocycles. The van der Waals surface area contributed by atoms with Gasteiger partial charge in [-0.2, -0.15) is 0 Å². The zero-order valence-electron chi connectivity index (χ0n) is 17.2. The fourth-order valence-electron chi connectivity index (χ4n) is 2.64. The van der Waals surface area contributed by atoms with Crippen molar-refractivity contribution in [3.8, 4) is 16.2 Å². The number of aromatic nitrogens is 1. The van der Waals surface area contributed by atoms with Gasteiger partial charge in [-0.1, -0.05) is 12.1 Å². The summed E-state index contributed by atoms with van der Waals surface area (Å²) < 4.78 is 11.4. The number of nitrogens with one attached hydrogen (secondary N) is 1. The van der Waals surface area contributed by atoms with Crippen molar-refractivity contribution in [3.63, 3.8) is 0 Å². The number of carbonyl (C=O) groups is 1. The van der Waals surface area contributed by atoms with Crippen LogP contribution in [-0.2, 0) is 11.3 Å². The molecule has 2 aromatic rings. The minimum Gasteiger partial charge on any atom is -0.493 e. The molecular weight excluding hydrogens is 374 g/mol. The van der Waals surface area contributed by atoms with Gasteiger partial charge in [-0.3, -0.25) is 0 Å². The molecule has 0 radical (unpaired) electrons. The second-order valence-corrected chi connectivity index (χ2v) is 8.50. The fraction of sp³-hybridized carbons (Fsp3) is 0.524. The largest absolute Gasteiger partial charge is 0.493 e. The molecule has 7 heteroatoms. The van der Waals surface area contributed by atoms with Crippen LogP contribution in [0.1, 0.15) is 51.3 Å². The van der Waals surface area contributed by atoms with E-state index in [2.05, 4.69) is 10.3 Å². The number of aryl methyl sites for hydroxylation is 1. The highest BCUT2D eigenvalue weighted by Crippen LogP contribution is 2.32. The molecule has 28 heavy (non-hydrogen) atoms. The Morgan fingerprint density at radius 1 is 1.25 bits per heavy atom. The van der Waals surface area contributed by atoms with Gasteiger partial charge >= 0.3 is 6.09 Å². The monoisotopic (exact) mass is 405 g/mol. The van der Waals surface area contributed by atoms with Crippen molar-refractivity contribution in [2.45, 2.75) is 59.1 Å². The van der Waals surface area contributed by atoms with E-state index in [0.29, 0.717) is 19.7 Å². The Balaban J connectivity index is 2.11. The summed E-state index contributed by atoms with van der Waals surface area (Å²) in [5, 5.41) is 2.80. The van der Waals surface area contributed by atoms with E-state index in [1.807, 2.05) is 51.4 Å². The molecule has 0 aliphatic rings. The number of nitrogens with two attached hydrogens (primary N) is 1. The lowest BCUT2D eigenvalue weighted by Gasteiger charge is -2.20. The number of nitrogens with zero attached hydrogens (tertiary/aromatic N) is 1. The number of amides is 1. The summed E-state index contributed by atoms with van der Waals surface area (Å²) in [6, 6.07) is 6.05. The molecule has 0 saturated carbocycles. The van der Waals surface area contributed by atoms with Crippen molar-refractivity contribution in [3.05, 3.63) is 35.0 Å². The Morgan fingerprint density at radius 2 is 2.04 bits per heavy atom. The van der Waals surface area contributed by atoms with Crippen LogP contribution in [0.2, 0.25) is 0 Å². The number of carbonyl (C=O) groups excluding carboxylic acids is 1. The van der Waals surface area contributed by atoms with Crippen LogP contribution >= 0.6 is 11.3 Å². The first-order chi connectivity index (χ1) is 13.3. The van der Waals surface area contributed by atoms with Crippen molar-refractivity contribution in [1.29, 1.82) is 0 Å². The van der Waals surface area contributed by atoms with E-state index in [9.17, 15) is 4.79 Å². The number of hydrogen-bond donors (Lipinski definition) is 2. The standard InChI is InChI=1S/C21H31N3O3S/c1-15-19(28-14-24-15)16-8-9-17(13-23-20(25)27-21(2,3)4)18(12-16)26-11-7-5-6-10-22/h8-9,12,14H,5-7,10-11,13,22H2,1-4H3,(H,23,25). The molecule has 0 saturated heterocycles. The molecule has 154 valence electrons. The summed E-state index contributed by atoms with van der Waals surface area (Å²) in [6.07, 6.45) is 2.54. The minimum atomic E-state index is -0.528. The van der Waals surface area contributed by atoms with Gasteiger partial charge in [0.1, 0.15) is 11.4 Å². The number of benzene rings is 1. The van der Waals surface area contributed by atoms with Crippen LogP contribution in [0.3, 0.4) is 0 Å². The summed E-state index contributed by atoms with van der Waals surface area (Å²) in [5.41, 5.74) is 9.84. The van der Waals surface area contributed by atoms with Gasteiger partial charge in [-0.25, -0.2) is 9.78 Å². The first-order valence-corrected chi connectivity index (χ1v) is 10.5. The molecule has 0 atom stereocenters. The number of rotatable bonds is 9. The number of alkyl carbamates (subject to hydrolysis) is 1. The summed E-state index contributed by atoms with van der Waals surface area (Å²) in [7, 11) is 0. The summed E-state index contributed by atoms with van der Waals surface area (Å²) >= 11 is 1.61. The number of unbranched alkanes of at least 4 members (excludes halogenated alkanes) is 2. The predicted molar refractivity (Wildman–Crippen MR) is 114 cm³/mol. The topological polar surface area (TPSA) is 86.5 Å². The molecule has 2 rings (SSSR count). The summed E-state index contributed by atoms with van der Waals surface area (Å²) in [4.78, 5) is 17.4. The van der Waals surface area contributed by atoms with Gasteiger partial charge < -0.3 is 20.5 Å². The number of ether oxygens (including phenoxy) is 2. The van der Waals surface area contributed by atoms with Crippen molar-refractivity contribution in [2.24, 2.45) is 5.73 Å². The van der Waals surface area contributed by atoms with Crippen LogP contribution in [0.25, 0.3) is 10.4 Å². The van der Waals surface area contributed by atoms with E-state index >= 15 is 0 Å². The molecule has 3 N–H and O–H groups in total. The van der Waals surface area contributed by atoms with Crippen molar-refractivity contribution in [2.75, 3.05) is 13.2 Å². The molecule has 0 unspecified atom stereocenters. The van der Waals surface area contributed by atoms with Crippen LogP contribution in [0.5, 0.6) is 5.75 Å². The van der Waals surface area contributed by atoms with E-state index in [1.165, 1.54) is 0 Å². The predicted octanol–water partition coefficient (Wildman–Crippen LogP) is 4.65. The van der Waals surface area contributed by atoms with E-state index in [4.69, 9.17) is 15.2 Å². The third kappa shape index (κ3) is 7.13. The van der Waals surface area contributed by atoms with Gasteiger partial charge in [0.15, 0.2) is 0 Å². The maximum Gasteiger partial charge on any atom is 0.407 e. The highest BCUT2D eigenvalue weighted by molar-refractivity contribution is 7.13. The fourth-order valence-corrected chi connectivity index (χ4v) is 3.44. The van der Waals surface area contributed by atoms with E-state index in [-0.39, 0.29) is 0 Å². The molecular formula is C21H31N3O3S. The summed E-state index contributed by atoms with van der Waals surface area (Å²) in [6.45, 7) is 9.18. The molecule has 1 heterocycles. The SMILES string of the molecule is Cc1ncsc1-c1ccc(CNC(=O)OC(C)(C)C)c(OCCCCCN)c1. The van der Waals surface area contributed by atoms with Crippen LogP contribution in [0.15, 0.2) is 23.7 Å². The number of hydrogen-bond acceptors (Lipinski definition) is 6. The molecule has 0 bridgehead atoms. The zero-order chi connectivity index (χ0) is 20.6. The summed E-state index contributed by atoms with van der Waals surface area (Å²) in [5.74, 6) is 0.772.